The number of carbonyl (C=O) groups is 2. The van der Waals surface area contributed by atoms with E-state index in [-0.39, 0.29) is 32.1 Å². The van der Waals surface area contributed by atoms with Crippen LogP contribution in [0.2, 0.25) is 0 Å². The van der Waals surface area contributed by atoms with Gasteiger partial charge in [0.05, 0.1) is 18.8 Å². The molecule has 284 valence electrons. The smallest absolute Gasteiger partial charge is 0.462 e. The Hall–Kier alpha value is -2.07. The summed E-state index contributed by atoms with van der Waals surface area (Å²) in [5.74, 6) is -0.412. The molecule has 0 bridgehead atoms. The van der Waals surface area contributed by atoms with E-state index in [4.69, 9.17) is 19.3 Å². The van der Waals surface area contributed by atoms with Gasteiger partial charge in [0.25, 0.3) is 0 Å². The van der Waals surface area contributed by atoms with Crippen LogP contribution in [0.4, 0.5) is 0 Å². The summed E-state index contributed by atoms with van der Waals surface area (Å²) in [7, 11) is -4.82. The molecular formula is C38H67O10P. The Labute approximate surface area is 296 Å². The third-order valence-electron chi connectivity index (χ3n) is 7.74. The highest BCUT2D eigenvalue weighted by Crippen LogP contribution is 2.36. The van der Waals surface area contributed by atoms with E-state index in [0.29, 0.717) is 6.42 Å². The molecule has 0 unspecified atom stereocenters. The van der Waals surface area contributed by atoms with E-state index in [1.807, 2.05) is 18.2 Å². The molecule has 0 saturated heterocycles. The summed E-state index contributed by atoms with van der Waals surface area (Å²) < 4.78 is 26.1. The van der Waals surface area contributed by atoms with Gasteiger partial charge in [-0.15, -0.1) is 0 Å². The normalized spacial score (nSPS) is 14.4. The lowest BCUT2D eigenvalue weighted by Crippen LogP contribution is -2.29. The van der Waals surface area contributed by atoms with Gasteiger partial charge in [0.1, 0.15) is 6.61 Å². The molecule has 0 aliphatic heterocycles. The van der Waals surface area contributed by atoms with Gasteiger partial charge in [-0.1, -0.05) is 127 Å². The van der Waals surface area contributed by atoms with E-state index >= 15 is 0 Å². The number of carbonyl (C=O) groups excluding carboxylic acids is 2. The van der Waals surface area contributed by atoms with Gasteiger partial charge in [0.2, 0.25) is 0 Å². The molecule has 3 atom stereocenters. The molecule has 0 aromatic rings. The van der Waals surface area contributed by atoms with Crippen molar-refractivity contribution in [3.8, 4) is 0 Å². The minimum atomic E-state index is -4.82. The van der Waals surface area contributed by atoms with Crippen molar-refractivity contribution >= 4 is 19.8 Å². The minimum Gasteiger partial charge on any atom is -0.462 e. The van der Waals surface area contributed by atoms with Gasteiger partial charge in [0, 0.05) is 12.8 Å². The number of phosphoric ester groups is 1. The van der Waals surface area contributed by atoms with Crippen LogP contribution in [0.15, 0.2) is 48.6 Å². The molecule has 0 saturated carbocycles. The van der Waals surface area contributed by atoms with Gasteiger partial charge in [-0.2, -0.15) is 0 Å². The maximum absolute atomic E-state index is 12.3. The van der Waals surface area contributed by atoms with Gasteiger partial charge < -0.3 is 29.5 Å². The van der Waals surface area contributed by atoms with Crippen molar-refractivity contribution in [1.29, 1.82) is 0 Å². The second-order valence-corrected chi connectivity index (χ2v) is 14.2. The predicted octanol–water partition coefficient (Wildman–Crippen LogP) is 8.59. The Kier molecular flexibility index (Phi) is 30.5. The number of rotatable bonds is 32. The van der Waals surface area contributed by atoms with Crippen molar-refractivity contribution in [2.75, 3.05) is 13.2 Å². The molecule has 49 heavy (non-hydrogen) atoms. The minimum absolute atomic E-state index is 0.0499. The summed E-state index contributed by atoms with van der Waals surface area (Å²) in [6.07, 6.45) is 28.9. The molecule has 11 heteroatoms. The molecule has 0 fully saturated rings. The average Bonchev–Trinajstić information content (AvgIpc) is 3.04. The van der Waals surface area contributed by atoms with Gasteiger partial charge in [-0.05, 0) is 57.3 Å². The standard InChI is InChI=1S/C38H67O10P/c1-4-5-6-7-8-9-10-11-14-17-20-23-27-35(39)36(40)28-25-30-37(41)46-31-34(32-47-49(43,44)45)48-38(42)29-24-21-18-15-12-13-16-19-22-26-33(2)3/h5-6,8-9,11,14,20,23,33-36,39-40H,4,7,10,12-13,15-19,21-22,24-32H2,1-3H3,(H2,43,44,45)/b6-5-,9-8-,14-11-,23-20-/t34-,35+,36+/m1/s1. The van der Waals surface area contributed by atoms with E-state index in [1.165, 1.54) is 38.5 Å². The molecule has 0 aliphatic carbocycles. The summed E-state index contributed by atoms with van der Waals surface area (Å²) in [6, 6.07) is 0. The van der Waals surface area contributed by atoms with Crippen LogP contribution in [0.25, 0.3) is 0 Å². The Balaban J connectivity index is 4.25. The molecule has 0 aromatic heterocycles. The van der Waals surface area contributed by atoms with Crippen LogP contribution >= 0.6 is 7.82 Å². The summed E-state index contributed by atoms with van der Waals surface area (Å²) in [6.45, 7) is 5.57. The summed E-state index contributed by atoms with van der Waals surface area (Å²) >= 11 is 0. The number of allylic oxidation sites excluding steroid dienone is 7. The quantitative estimate of drug-likeness (QED) is 0.0230. The first-order valence-electron chi connectivity index (χ1n) is 18.5. The fourth-order valence-electron chi connectivity index (χ4n) is 4.88. The van der Waals surface area contributed by atoms with Crippen molar-refractivity contribution in [2.24, 2.45) is 5.92 Å². The van der Waals surface area contributed by atoms with Gasteiger partial charge in [0.15, 0.2) is 6.10 Å². The number of ether oxygens (including phenoxy) is 2. The van der Waals surface area contributed by atoms with Crippen LogP contribution in [0, 0.1) is 5.92 Å². The van der Waals surface area contributed by atoms with Gasteiger partial charge in [-0.3, -0.25) is 14.1 Å². The Morgan fingerprint density at radius 2 is 1.14 bits per heavy atom. The highest BCUT2D eigenvalue weighted by molar-refractivity contribution is 7.46. The topological polar surface area (TPSA) is 160 Å². The lowest BCUT2D eigenvalue weighted by Gasteiger charge is -2.19. The molecule has 10 nitrogen and oxygen atoms in total. The van der Waals surface area contributed by atoms with Crippen LogP contribution in [0.3, 0.4) is 0 Å². The number of esters is 2. The Bertz CT molecular complexity index is 985. The molecular weight excluding hydrogens is 647 g/mol. The first kappa shape index (κ1) is 46.9. The van der Waals surface area contributed by atoms with Crippen LogP contribution < -0.4 is 0 Å². The van der Waals surface area contributed by atoms with E-state index < -0.39 is 51.3 Å². The largest absolute Gasteiger partial charge is 0.469 e. The molecule has 0 rings (SSSR count). The second-order valence-electron chi connectivity index (χ2n) is 13.0. The fraction of sp³-hybridized carbons (Fsp3) is 0.737. The van der Waals surface area contributed by atoms with Crippen LogP contribution in [-0.2, 0) is 28.2 Å². The second kappa shape index (κ2) is 31.9. The number of phosphoric acid groups is 1. The average molecular weight is 715 g/mol. The molecule has 4 N–H and O–H groups in total. The summed E-state index contributed by atoms with van der Waals surface area (Å²) in [5.41, 5.74) is 0. The lowest BCUT2D eigenvalue weighted by molar-refractivity contribution is -0.161. The Morgan fingerprint density at radius 1 is 0.633 bits per heavy atom. The number of aliphatic hydroxyl groups is 2. The van der Waals surface area contributed by atoms with Crippen LogP contribution in [0.5, 0.6) is 0 Å². The number of unbranched alkanes of at least 4 members (excludes halogenated alkanes) is 8. The van der Waals surface area contributed by atoms with Crippen LogP contribution in [0.1, 0.15) is 143 Å². The highest BCUT2D eigenvalue weighted by Gasteiger charge is 2.23. The highest BCUT2D eigenvalue weighted by atomic mass is 31.2. The predicted molar refractivity (Wildman–Crippen MR) is 196 cm³/mol. The monoisotopic (exact) mass is 714 g/mol. The lowest BCUT2D eigenvalue weighted by atomic mass is 10.0. The zero-order valence-electron chi connectivity index (χ0n) is 30.5. The maximum Gasteiger partial charge on any atom is 0.469 e. The van der Waals surface area contributed by atoms with Crippen molar-refractivity contribution in [1.82, 2.24) is 0 Å². The third kappa shape index (κ3) is 34.2. The first-order valence-corrected chi connectivity index (χ1v) is 20.0. The fourth-order valence-corrected chi connectivity index (χ4v) is 5.24. The Morgan fingerprint density at radius 3 is 1.69 bits per heavy atom. The molecule has 0 amide bonds. The van der Waals surface area contributed by atoms with Crippen molar-refractivity contribution in [2.45, 2.75) is 161 Å². The van der Waals surface area contributed by atoms with Gasteiger partial charge >= 0.3 is 19.8 Å². The SMILES string of the molecule is CC/C=C\C/C=C\C/C=C\C/C=C\C[C@H](O)[C@@H](O)CCCC(=O)OC[C@H](COP(=O)(O)O)OC(=O)CCCCCCCCCCCC(C)C. The first-order chi connectivity index (χ1) is 23.4. The molecule has 0 heterocycles. The zero-order chi connectivity index (χ0) is 36.6. The van der Waals surface area contributed by atoms with E-state index in [9.17, 15) is 24.4 Å². The van der Waals surface area contributed by atoms with E-state index in [1.54, 1.807) is 0 Å². The van der Waals surface area contributed by atoms with Gasteiger partial charge in [-0.25, -0.2) is 4.57 Å². The molecule has 0 radical (unpaired) electrons. The number of hydrogen-bond donors (Lipinski definition) is 4. The zero-order valence-corrected chi connectivity index (χ0v) is 31.4. The van der Waals surface area contributed by atoms with E-state index in [0.717, 1.165) is 50.9 Å². The number of hydrogen-bond acceptors (Lipinski definition) is 8. The molecule has 0 spiro atoms. The maximum atomic E-state index is 12.3. The third-order valence-corrected chi connectivity index (χ3v) is 8.23. The van der Waals surface area contributed by atoms with E-state index in [2.05, 4.69) is 55.7 Å². The molecule has 0 aromatic carbocycles. The summed E-state index contributed by atoms with van der Waals surface area (Å²) in [5, 5.41) is 20.5. The number of aliphatic hydroxyl groups excluding tert-OH is 2. The van der Waals surface area contributed by atoms with Crippen molar-refractivity contribution < 1.29 is 48.2 Å². The summed E-state index contributed by atoms with van der Waals surface area (Å²) in [4.78, 5) is 42.7. The molecule has 0 aliphatic rings. The van der Waals surface area contributed by atoms with Crippen LogP contribution in [-0.4, -0.2) is 63.5 Å². The van der Waals surface area contributed by atoms with Crippen molar-refractivity contribution in [3.63, 3.8) is 0 Å². The van der Waals surface area contributed by atoms with Crippen molar-refractivity contribution in [3.05, 3.63) is 48.6 Å².